The molecule has 1 aromatic heterocycles. The summed E-state index contributed by atoms with van der Waals surface area (Å²) in [6, 6.07) is 5.98. The maximum absolute atomic E-state index is 11.2. The van der Waals surface area contributed by atoms with Crippen molar-refractivity contribution in [2.75, 3.05) is 13.2 Å². The molecule has 2 heterocycles. The lowest BCUT2D eigenvalue weighted by molar-refractivity contribution is -0.141. The number of carbonyl (C=O) groups excluding carboxylic acids is 1. The van der Waals surface area contributed by atoms with Crippen LogP contribution >= 0.6 is 0 Å². The third-order valence-corrected chi connectivity index (χ3v) is 4.49. The highest BCUT2D eigenvalue weighted by Gasteiger charge is 2.33. The number of hydrogen-bond acceptors (Lipinski definition) is 6. The van der Waals surface area contributed by atoms with Gasteiger partial charge in [-0.2, -0.15) is 9.97 Å². The van der Waals surface area contributed by atoms with Crippen molar-refractivity contribution in [3.05, 3.63) is 40.7 Å². The van der Waals surface area contributed by atoms with Gasteiger partial charge in [0.25, 0.3) is 0 Å². The van der Waals surface area contributed by atoms with Gasteiger partial charge in [-0.15, -0.1) is 0 Å². The van der Waals surface area contributed by atoms with E-state index < -0.39 is 5.79 Å². The molecule has 0 radical (unpaired) electrons. The molecule has 0 bridgehead atoms. The quantitative estimate of drug-likeness (QED) is 0.765. The summed E-state index contributed by atoms with van der Waals surface area (Å²) in [5.74, 6) is -0.578. The van der Waals surface area contributed by atoms with Crippen LogP contribution in [0.3, 0.4) is 0 Å². The van der Waals surface area contributed by atoms with Gasteiger partial charge >= 0.3 is 6.01 Å². The van der Waals surface area contributed by atoms with Crippen LogP contribution in [0.4, 0.5) is 0 Å². The van der Waals surface area contributed by atoms with Crippen molar-refractivity contribution in [3.63, 3.8) is 0 Å². The van der Waals surface area contributed by atoms with Crippen LogP contribution in [0.25, 0.3) is 11.1 Å². The first-order chi connectivity index (χ1) is 12.3. The van der Waals surface area contributed by atoms with Gasteiger partial charge < -0.3 is 14.2 Å². The van der Waals surface area contributed by atoms with Crippen LogP contribution in [-0.4, -0.2) is 41.4 Å². The molecule has 1 aliphatic heterocycles. The molecule has 26 heavy (non-hydrogen) atoms. The predicted octanol–water partition coefficient (Wildman–Crippen LogP) is 3.41. The molecule has 1 aromatic carbocycles. The van der Waals surface area contributed by atoms with E-state index in [4.69, 9.17) is 14.2 Å². The molecule has 3 rings (SSSR count). The van der Waals surface area contributed by atoms with Gasteiger partial charge in [0.05, 0.1) is 18.0 Å². The number of rotatable bonds is 5. The van der Waals surface area contributed by atoms with Gasteiger partial charge in [0.2, 0.25) is 0 Å². The molecule has 0 aliphatic carbocycles. The summed E-state index contributed by atoms with van der Waals surface area (Å²) in [4.78, 5) is 20.2. The Morgan fingerprint density at radius 1 is 1.23 bits per heavy atom. The van der Waals surface area contributed by atoms with E-state index >= 15 is 0 Å². The maximum atomic E-state index is 11.2. The van der Waals surface area contributed by atoms with E-state index in [1.165, 1.54) is 0 Å². The van der Waals surface area contributed by atoms with Crippen LogP contribution in [-0.2, 0) is 9.47 Å². The number of ether oxygens (including phenoxy) is 3. The first-order valence-corrected chi connectivity index (χ1v) is 8.65. The second-order valence-corrected chi connectivity index (χ2v) is 6.95. The second-order valence-electron chi connectivity index (χ2n) is 6.95. The molecule has 0 unspecified atom stereocenters. The van der Waals surface area contributed by atoms with Gasteiger partial charge in [-0.3, -0.25) is 4.79 Å². The first-order valence-electron chi connectivity index (χ1n) is 8.65. The summed E-state index contributed by atoms with van der Waals surface area (Å²) in [5.41, 5.74) is 5.10. The number of nitrogens with zero attached hydrogens (tertiary/aromatic N) is 2. The Labute approximate surface area is 153 Å². The molecule has 0 N–H and O–H groups in total. The van der Waals surface area contributed by atoms with Crippen molar-refractivity contribution in [1.82, 2.24) is 9.97 Å². The van der Waals surface area contributed by atoms with E-state index in [-0.39, 0.29) is 6.10 Å². The summed E-state index contributed by atoms with van der Waals surface area (Å²) in [5, 5.41) is 0. The third-order valence-electron chi connectivity index (χ3n) is 4.49. The van der Waals surface area contributed by atoms with Crippen LogP contribution < -0.4 is 4.74 Å². The summed E-state index contributed by atoms with van der Waals surface area (Å²) in [6.07, 6.45) is 0.730. The van der Waals surface area contributed by atoms with Crippen LogP contribution in [0, 0.1) is 20.8 Å². The SMILES string of the molecule is Cc1nc(OC[C@@H]2COC(C)(C)O2)nc(C)c1-c1cccc(C=O)c1C. The minimum absolute atomic E-state index is 0.139. The molecule has 1 fully saturated rings. The van der Waals surface area contributed by atoms with Gasteiger partial charge in [0.1, 0.15) is 19.0 Å². The van der Waals surface area contributed by atoms with Crippen LogP contribution in [0.1, 0.15) is 41.2 Å². The Kier molecular flexibility index (Phi) is 5.07. The minimum Gasteiger partial charge on any atom is -0.461 e. The van der Waals surface area contributed by atoms with Gasteiger partial charge in [0.15, 0.2) is 5.79 Å². The van der Waals surface area contributed by atoms with Crippen LogP contribution in [0.2, 0.25) is 0 Å². The highest BCUT2D eigenvalue weighted by Crippen LogP contribution is 2.30. The molecule has 138 valence electrons. The summed E-state index contributed by atoms with van der Waals surface area (Å²) in [7, 11) is 0. The number of benzene rings is 1. The smallest absolute Gasteiger partial charge is 0.316 e. The molecule has 2 aromatic rings. The Balaban J connectivity index is 1.82. The highest BCUT2D eigenvalue weighted by atomic mass is 16.7. The average Bonchev–Trinajstić information content (AvgIpc) is 2.93. The fraction of sp³-hybridized carbons (Fsp3) is 0.450. The van der Waals surface area contributed by atoms with Gasteiger partial charge in [-0.1, -0.05) is 18.2 Å². The van der Waals surface area contributed by atoms with E-state index in [2.05, 4.69) is 9.97 Å². The Morgan fingerprint density at radius 2 is 1.92 bits per heavy atom. The number of aromatic nitrogens is 2. The van der Waals surface area contributed by atoms with E-state index in [1.807, 2.05) is 46.8 Å². The summed E-state index contributed by atoms with van der Waals surface area (Å²) >= 11 is 0. The van der Waals surface area contributed by atoms with E-state index in [1.54, 1.807) is 6.07 Å². The molecule has 6 nitrogen and oxygen atoms in total. The first kappa shape index (κ1) is 18.5. The normalized spacial score (nSPS) is 18.7. The van der Waals surface area contributed by atoms with Crippen molar-refractivity contribution in [2.24, 2.45) is 0 Å². The molecular formula is C20H24N2O4. The fourth-order valence-corrected chi connectivity index (χ4v) is 3.20. The van der Waals surface area contributed by atoms with Crippen molar-refractivity contribution >= 4 is 6.29 Å². The van der Waals surface area contributed by atoms with Crippen molar-refractivity contribution in [3.8, 4) is 17.1 Å². The zero-order valence-electron chi connectivity index (χ0n) is 15.8. The third kappa shape index (κ3) is 3.76. The lowest BCUT2D eigenvalue weighted by Gasteiger charge is -2.17. The monoisotopic (exact) mass is 356 g/mol. The Hall–Kier alpha value is -2.31. The number of aldehydes is 1. The lowest BCUT2D eigenvalue weighted by atomic mass is 9.95. The topological polar surface area (TPSA) is 70.5 Å². The van der Waals surface area contributed by atoms with Crippen LogP contribution in [0.15, 0.2) is 18.2 Å². The molecular weight excluding hydrogens is 332 g/mol. The minimum atomic E-state index is -0.578. The number of carbonyl (C=O) groups is 1. The maximum Gasteiger partial charge on any atom is 0.316 e. The summed E-state index contributed by atoms with van der Waals surface area (Å²) in [6.45, 7) is 10.3. The van der Waals surface area contributed by atoms with E-state index in [0.717, 1.165) is 34.4 Å². The van der Waals surface area contributed by atoms with E-state index in [0.29, 0.717) is 24.8 Å². The molecule has 1 atom stereocenters. The molecule has 1 saturated heterocycles. The number of hydrogen-bond donors (Lipinski definition) is 0. The van der Waals surface area contributed by atoms with Gasteiger partial charge in [-0.05, 0) is 45.7 Å². The molecule has 0 spiro atoms. The van der Waals surface area contributed by atoms with Crippen molar-refractivity contribution in [2.45, 2.75) is 46.5 Å². The number of aryl methyl sites for hydroxylation is 2. The molecule has 0 saturated carbocycles. The Morgan fingerprint density at radius 3 is 2.50 bits per heavy atom. The summed E-state index contributed by atoms with van der Waals surface area (Å²) < 4.78 is 17.0. The van der Waals surface area contributed by atoms with Crippen LogP contribution in [0.5, 0.6) is 6.01 Å². The zero-order chi connectivity index (χ0) is 18.9. The Bertz CT molecular complexity index is 810. The predicted molar refractivity (Wildman–Crippen MR) is 97.5 cm³/mol. The van der Waals surface area contributed by atoms with E-state index in [9.17, 15) is 4.79 Å². The average molecular weight is 356 g/mol. The van der Waals surface area contributed by atoms with Crippen molar-refractivity contribution < 1.29 is 19.0 Å². The zero-order valence-corrected chi connectivity index (χ0v) is 15.8. The fourth-order valence-electron chi connectivity index (χ4n) is 3.20. The molecule has 6 heteroatoms. The van der Waals surface area contributed by atoms with Crippen molar-refractivity contribution in [1.29, 1.82) is 0 Å². The van der Waals surface area contributed by atoms with Gasteiger partial charge in [-0.25, -0.2) is 0 Å². The lowest BCUT2D eigenvalue weighted by Crippen LogP contribution is -2.25. The van der Waals surface area contributed by atoms with Gasteiger partial charge in [0, 0.05) is 11.1 Å². The molecule has 0 amide bonds. The largest absolute Gasteiger partial charge is 0.461 e. The second kappa shape index (κ2) is 7.13. The highest BCUT2D eigenvalue weighted by molar-refractivity contribution is 5.83. The standard InChI is InChI=1S/C20H24N2O4/c1-12-15(9-23)7-6-8-17(12)18-13(2)21-19(22-14(18)3)24-10-16-11-25-20(4,5)26-16/h6-9,16H,10-11H2,1-5H3/t16-/m1/s1. The molecule has 1 aliphatic rings.